The summed E-state index contributed by atoms with van der Waals surface area (Å²) in [5.41, 5.74) is 23.2. The topological polar surface area (TPSA) is 0 Å². The third-order valence-corrected chi connectivity index (χ3v) is 54.9. The molecule has 45 heavy (non-hydrogen) atoms. The van der Waals surface area contributed by atoms with Gasteiger partial charge in [-0.3, -0.25) is 0 Å². The van der Waals surface area contributed by atoms with Gasteiger partial charge in [-0.15, -0.1) is 0 Å². The van der Waals surface area contributed by atoms with E-state index in [2.05, 4.69) is 145 Å². The van der Waals surface area contributed by atoms with E-state index in [1.165, 1.54) is 90.4 Å². The summed E-state index contributed by atoms with van der Waals surface area (Å²) >= 11 is -3.72. The SMILES string of the molecule is CCC[SiH]=[Hf]([CH3])([CH3])([CH]1C=Cc2c(-c3c(C)c(C)cc(C)c3C)cccc21)[CH]1C=Cc2c(-c3c(C)c(C)cc(C)c3C)cccc21. The first-order valence-corrected chi connectivity index (χ1v) is 36.1. The Hall–Kier alpha value is -2.55. The van der Waals surface area contributed by atoms with E-state index >= 15 is 0 Å². The molecule has 0 radical (unpaired) electrons. The third-order valence-electron chi connectivity index (χ3n) is 12.2. The summed E-state index contributed by atoms with van der Waals surface area (Å²) < 4.78 is 6.85. The fraction of sp³-hybridized carbons (Fsp3) is 0.349. The molecular weight excluding hydrogens is 723 g/mol. The van der Waals surface area contributed by atoms with E-state index in [9.17, 15) is 0 Å². The predicted molar refractivity (Wildman–Crippen MR) is 199 cm³/mol. The summed E-state index contributed by atoms with van der Waals surface area (Å²) in [7, 11) is 0. The number of fused-ring (bicyclic) bond motifs is 2. The Kier molecular flexibility index (Phi) is 8.35. The number of hydrogen-bond donors (Lipinski definition) is 0. The quantitative estimate of drug-likeness (QED) is 0.171. The molecular formula is C43H52HfSi. The van der Waals surface area contributed by atoms with Gasteiger partial charge in [0.1, 0.15) is 0 Å². The second kappa shape index (κ2) is 11.6. The zero-order valence-electron chi connectivity index (χ0n) is 29.6. The van der Waals surface area contributed by atoms with Gasteiger partial charge < -0.3 is 0 Å². The van der Waals surface area contributed by atoms with Crippen molar-refractivity contribution in [3.8, 4) is 22.3 Å². The van der Waals surface area contributed by atoms with Gasteiger partial charge in [0.25, 0.3) is 0 Å². The molecule has 0 N–H and O–H groups in total. The fourth-order valence-corrected chi connectivity index (χ4v) is 49.2. The van der Waals surface area contributed by atoms with E-state index in [0.717, 1.165) is 0 Å². The van der Waals surface area contributed by atoms with Crippen LogP contribution in [0.5, 0.6) is 0 Å². The van der Waals surface area contributed by atoms with Crippen molar-refractivity contribution >= 4 is 18.4 Å². The summed E-state index contributed by atoms with van der Waals surface area (Å²) in [5, 5.41) is 0. The summed E-state index contributed by atoms with van der Waals surface area (Å²) in [6.45, 7) is 20.8. The first-order chi connectivity index (χ1) is 21.3. The molecule has 4 aromatic rings. The van der Waals surface area contributed by atoms with Gasteiger partial charge in [-0.2, -0.15) is 0 Å². The van der Waals surface area contributed by atoms with Crippen molar-refractivity contribution in [3.05, 3.63) is 127 Å². The normalized spacial score (nSPS) is 17.2. The number of rotatable bonds is 6. The van der Waals surface area contributed by atoms with Crippen LogP contribution >= 0.6 is 0 Å². The molecule has 0 spiro atoms. The number of allylic oxidation sites excluding steroid dienone is 2. The van der Waals surface area contributed by atoms with Crippen LogP contribution in [0.2, 0.25) is 15.4 Å². The molecule has 0 aliphatic heterocycles. The minimum atomic E-state index is -3.72. The van der Waals surface area contributed by atoms with Gasteiger partial charge >= 0.3 is 277 Å². The fourth-order valence-electron chi connectivity index (χ4n) is 8.99. The molecule has 232 valence electrons. The summed E-state index contributed by atoms with van der Waals surface area (Å²) in [6.07, 6.45) is 12.1. The predicted octanol–water partition coefficient (Wildman–Crippen LogP) is 12.3. The third kappa shape index (κ3) is 5.01. The number of benzene rings is 4. The molecule has 0 heterocycles. The van der Waals surface area contributed by atoms with Crippen LogP contribution in [-0.4, -0.2) is 6.22 Å². The second-order valence-corrected chi connectivity index (χ2v) is 59.7. The van der Waals surface area contributed by atoms with Crippen LogP contribution in [0.3, 0.4) is 0 Å². The monoisotopic (exact) mass is 776 g/mol. The van der Waals surface area contributed by atoms with E-state index in [-0.39, 0.29) is 0 Å². The average Bonchev–Trinajstić information content (AvgIpc) is 3.66. The zero-order chi connectivity index (χ0) is 32.4. The molecule has 2 unspecified atom stereocenters. The van der Waals surface area contributed by atoms with Gasteiger partial charge in [0.2, 0.25) is 0 Å². The molecule has 0 saturated carbocycles. The molecule has 2 atom stereocenters. The first-order valence-electron chi connectivity index (χ1n) is 17.1. The van der Waals surface area contributed by atoms with E-state index in [1.54, 1.807) is 11.1 Å². The van der Waals surface area contributed by atoms with Crippen molar-refractivity contribution in [2.75, 3.05) is 0 Å². The van der Waals surface area contributed by atoms with Gasteiger partial charge in [0.15, 0.2) is 0 Å². The van der Waals surface area contributed by atoms with E-state index in [1.807, 2.05) is 0 Å². The Bertz CT molecular complexity index is 1820. The van der Waals surface area contributed by atoms with Crippen molar-refractivity contribution in [1.29, 1.82) is 0 Å². The Morgan fingerprint density at radius 3 is 1.31 bits per heavy atom. The molecule has 4 aromatic carbocycles. The van der Waals surface area contributed by atoms with Crippen LogP contribution in [0.4, 0.5) is 0 Å². The molecule has 2 aliphatic carbocycles. The van der Waals surface area contributed by atoms with Crippen LogP contribution in [0, 0.1) is 55.4 Å². The number of hydrogen-bond acceptors (Lipinski definition) is 0. The molecule has 0 nitrogen and oxygen atoms in total. The van der Waals surface area contributed by atoms with E-state index in [4.69, 9.17) is 0 Å². The summed E-state index contributed by atoms with van der Waals surface area (Å²) in [4.78, 5) is 0. The Labute approximate surface area is 275 Å². The molecule has 0 bridgehead atoms. The Morgan fingerprint density at radius 1 is 0.578 bits per heavy atom. The standard InChI is InChI=1S/2C19H19.C3H8Si.2CH3.Hf/c2*1-12-11-13(2)15(4)19(14(12)3)18-10-6-8-16-7-5-9-17(16)18;1-2-3-4;;;/h2*5-11H,1-4H3;4H,2-3H2,1H3;2*1H3;. The van der Waals surface area contributed by atoms with E-state index in [0.29, 0.717) is 13.6 Å². The molecule has 0 fully saturated rings. The summed E-state index contributed by atoms with van der Waals surface area (Å²) in [6, 6.07) is 20.6. The van der Waals surface area contributed by atoms with Crippen molar-refractivity contribution in [3.63, 3.8) is 0 Å². The molecule has 0 saturated heterocycles. The molecule has 0 amide bonds. The average molecular weight is 775 g/mol. The Morgan fingerprint density at radius 2 is 0.956 bits per heavy atom. The van der Waals surface area contributed by atoms with Crippen molar-refractivity contribution in [1.82, 2.24) is 0 Å². The van der Waals surface area contributed by atoms with Crippen molar-refractivity contribution < 1.29 is 17.1 Å². The zero-order valence-corrected chi connectivity index (χ0v) is 34.3. The van der Waals surface area contributed by atoms with Crippen LogP contribution in [0.1, 0.15) is 87.5 Å². The van der Waals surface area contributed by atoms with Gasteiger partial charge in [-0.25, -0.2) is 0 Å². The van der Waals surface area contributed by atoms with Gasteiger partial charge in [-0.05, 0) is 0 Å². The van der Waals surface area contributed by atoms with Crippen LogP contribution in [0.25, 0.3) is 34.4 Å². The van der Waals surface area contributed by atoms with Gasteiger partial charge in [0.05, 0.1) is 0 Å². The van der Waals surface area contributed by atoms with Crippen LogP contribution < -0.4 is 0 Å². The number of aryl methyl sites for hydroxylation is 4. The van der Waals surface area contributed by atoms with Gasteiger partial charge in [-0.1, -0.05) is 0 Å². The van der Waals surface area contributed by atoms with Gasteiger partial charge in [0, 0.05) is 0 Å². The maximum absolute atomic E-state index is 3.72. The molecule has 2 aliphatic rings. The first kappa shape index (κ1) is 32.4. The van der Waals surface area contributed by atoms with Crippen molar-refractivity contribution in [2.45, 2.75) is 91.5 Å². The summed E-state index contributed by atoms with van der Waals surface area (Å²) in [5.74, 6) is 0. The van der Waals surface area contributed by atoms with Crippen LogP contribution in [-0.2, 0) is 17.1 Å². The molecule has 6 rings (SSSR count). The second-order valence-electron chi connectivity index (χ2n) is 15.3. The Balaban J connectivity index is 1.55. The van der Waals surface area contributed by atoms with Crippen LogP contribution in [0.15, 0.2) is 60.7 Å². The maximum atomic E-state index is 2.86. The van der Waals surface area contributed by atoms with Crippen molar-refractivity contribution in [2.24, 2.45) is 0 Å². The van der Waals surface area contributed by atoms with E-state index < -0.39 is 17.1 Å². The molecule has 2 heteroatoms. The molecule has 0 aromatic heterocycles. The minimum absolute atomic E-state index is 0.376.